The Kier molecular flexibility index (Phi) is 4.62. The number of anilines is 1. The second kappa shape index (κ2) is 4.99. The Morgan fingerprint density at radius 2 is 1.36 bits per heavy atom. The van der Waals surface area contributed by atoms with Gasteiger partial charge in [0.05, 0.1) is 11.1 Å². The molecule has 0 saturated heterocycles. The molecule has 0 saturated carbocycles. The summed E-state index contributed by atoms with van der Waals surface area (Å²) in [5.74, 6) is -2.40. The standard InChI is InChI=1S/C8H7NO4.Na/c9-6-2-4(7(10)11)1-5(3-6)8(12)13;/h1-3H,9H2,(H,10,11)(H,12,13);. The molecule has 0 atom stereocenters. The molecule has 14 heavy (non-hydrogen) atoms. The van der Waals surface area contributed by atoms with Crippen molar-refractivity contribution in [1.29, 1.82) is 0 Å². The minimum atomic E-state index is -1.20. The Hall–Kier alpha value is -1.04. The summed E-state index contributed by atoms with van der Waals surface area (Å²) in [5, 5.41) is 17.1. The van der Waals surface area contributed by atoms with Gasteiger partial charge >= 0.3 is 11.9 Å². The summed E-state index contributed by atoms with van der Waals surface area (Å²) in [5.41, 5.74) is 5.18. The number of hydrogen-bond donors (Lipinski definition) is 3. The van der Waals surface area contributed by atoms with Crippen LogP contribution >= 0.6 is 0 Å². The predicted molar refractivity (Wildman–Crippen MR) is 50.5 cm³/mol. The fraction of sp³-hybridized carbons (Fsp3) is 0. The summed E-state index contributed by atoms with van der Waals surface area (Å²) in [6.45, 7) is 0. The van der Waals surface area contributed by atoms with E-state index in [4.69, 9.17) is 15.9 Å². The molecule has 1 radical (unpaired) electrons. The van der Waals surface area contributed by atoms with Crippen molar-refractivity contribution in [2.75, 3.05) is 5.73 Å². The summed E-state index contributed by atoms with van der Waals surface area (Å²) in [7, 11) is 0. The number of rotatable bonds is 2. The Balaban J connectivity index is 0.00000169. The van der Waals surface area contributed by atoms with E-state index in [1.807, 2.05) is 0 Å². The summed E-state index contributed by atoms with van der Waals surface area (Å²) in [4.78, 5) is 21.0. The minimum absolute atomic E-state index is 0. The van der Waals surface area contributed by atoms with Gasteiger partial charge in [0.25, 0.3) is 0 Å². The molecule has 0 fully saturated rings. The number of nitrogen functional groups attached to an aromatic ring is 1. The van der Waals surface area contributed by atoms with E-state index in [2.05, 4.69) is 0 Å². The van der Waals surface area contributed by atoms with Crippen molar-refractivity contribution in [3.63, 3.8) is 0 Å². The molecule has 4 N–H and O–H groups in total. The fourth-order valence-electron chi connectivity index (χ4n) is 0.899. The quantitative estimate of drug-likeness (QED) is 0.474. The molecule has 6 heteroatoms. The third-order valence-electron chi connectivity index (χ3n) is 1.45. The average Bonchev–Trinajstić information content (AvgIpc) is 2.03. The number of carboxylic acids is 2. The maximum absolute atomic E-state index is 10.5. The summed E-state index contributed by atoms with van der Waals surface area (Å²) in [6, 6.07) is 3.46. The van der Waals surface area contributed by atoms with Crippen molar-refractivity contribution in [3.8, 4) is 0 Å². The normalized spacial score (nSPS) is 8.86. The number of benzene rings is 1. The first-order valence-electron chi connectivity index (χ1n) is 3.38. The van der Waals surface area contributed by atoms with Crippen LogP contribution in [0.1, 0.15) is 20.7 Å². The Bertz CT molecular complexity index is 345. The monoisotopic (exact) mass is 204 g/mol. The van der Waals surface area contributed by atoms with Gasteiger partial charge in [-0.15, -0.1) is 0 Å². The first-order chi connectivity index (χ1) is 6.00. The van der Waals surface area contributed by atoms with Crippen LogP contribution in [0.3, 0.4) is 0 Å². The van der Waals surface area contributed by atoms with Gasteiger partial charge in [-0.25, -0.2) is 9.59 Å². The molecule has 1 aromatic rings. The van der Waals surface area contributed by atoms with E-state index < -0.39 is 11.9 Å². The largest absolute Gasteiger partial charge is 0.478 e. The SMILES string of the molecule is Nc1cc(C(=O)O)cc(C(=O)O)c1.[Na]. The number of carboxylic acid groups (broad SMARTS) is 2. The van der Waals surface area contributed by atoms with E-state index >= 15 is 0 Å². The van der Waals surface area contributed by atoms with E-state index in [-0.39, 0.29) is 46.4 Å². The zero-order valence-electron chi connectivity index (χ0n) is 7.52. The van der Waals surface area contributed by atoms with E-state index in [1.54, 1.807) is 0 Å². The minimum Gasteiger partial charge on any atom is -0.478 e. The van der Waals surface area contributed by atoms with Gasteiger partial charge in [0.1, 0.15) is 0 Å². The number of hydrogen-bond acceptors (Lipinski definition) is 3. The first-order valence-corrected chi connectivity index (χ1v) is 3.38. The zero-order valence-corrected chi connectivity index (χ0v) is 9.52. The maximum Gasteiger partial charge on any atom is 0.335 e. The van der Waals surface area contributed by atoms with Crippen molar-refractivity contribution in [2.24, 2.45) is 0 Å². The fourth-order valence-corrected chi connectivity index (χ4v) is 0.899. The van der Waals surface area contributed by atoms with Gasteiger partial charge in [-0.05, 0) is 18.2 Å². The molecule has 1 aromatic carbocycles. The van der Waals surface area contributed by atoms with Gasteiger partial charge < -0.3 is 15.9 Å². The smallest absolute Gasteiger partial charge is 0.335 e. The number of carbonyl (C=O) groups is 2. The molecule has 0 aliphatic heterocycles. The molecule has 5 nitrogen and oxygen atoms in total. The van der Waals surface area contributed by atoms with Crippen LogP contribution in [0.15, 0.2) is 18.2 Å². The second-order valence-corrected chi connectivity index (χ2v) is 2.45. The van der Waals surface area contributed by atoms with Crippen LogP contribution in [-0.2, 0) is 0 Å². The summed E-state index contributed by atoms with van der Waals surface area (Å²) < 4.78 is 0. The summed E-state index contributed by atoms with van der Waals surface area (Å²) in [6.07, 6.45) is 0. The van der Waals surface area contributed by atoms with Gasteiger partial charge in [-0.2, -0.15) is 0 Å². The zero-order chi connectivity index (χ0) is 10.0. The Labute approximate surface area is 102 Å². The van der Waals surface area contributed by atoms with Gasteiger partial charge in [-0.1, -0.05) is 0 Å². The average molecular weight is 204 g/mol. The van der Waals surface area contributed by atoms with Crippen molar-refractivity contribution < 1.29 is 19.8 Å². The van der Waals surface area contributed by atoms with Crippen LogP contribution in [0.25, 0.3) is 0 Å². The van der Waals surface area contributed by atoms with Crippen molar-refractivity contribution in [3.05, 3.63) is 29.3 Å². The van der Waals surface area contributed by atoms with E-state index in [9.17, 15) is 9.59 Å². The van der Waals surface area contributed by atoms with Crippen molar-refractivity contribution in [1.82, 2.24) is 0 Å². The third kappa shape index (κ3) is 3.02. The number of aromatic carboxylic acids is 2. The molecule has 0 heterocycles. The van der Waals surface area contributed by atoms with E-state index in [1.165, 1.54) is 12.1 Å². The first kappa shape index (κ1) is 13.0. The van der Waals surface area contributed by atoms with Crippen molar-refractivity contribution in [2.45, 2.75) is 0 Å². The van der Waals surface area contributed by atoms with E-state index in [0.717, 1.165) is 6.07 Å². The molecule has 0 aliphatic carbocycles. The number of nitrogens with two attached hydrogens (primary N) is 1. The molecule has 69 valence electrons. The molecule has 0 aliphatic rings. The molecule has 0 amide bonds. The molecule has 0 aromatic heterocycles. The van der Waals surface area contributed by atoms with E-state index in [0.29, 0.717) is 0 Å². The topological polar surface area (TPSA) is 101 Å². The molecular weight excluding hydrogens is 197 g/mol. The second-order valence-electron chi connectivity index (χ2n) is 2.45. The Morgan fingerprint density at radius 1 is 1.00 bits per heavy atom. The molecule has 0 spiro atoms. The van der Waals surface area contributed by atoms with Gasteiger partial charge in [0, 0.05) is 35.2 Å². The summed E-state index contributed by atoms with van der Waals surface area (Å²) >= 11 is 0. The van der Waals surface area contributed by atoms with Gasteiger partial charge in [-0.3, -0.25) is 0 Å². The predicted octanol–water partition coefficient (Wildman–Crippen LogP) is 0.284. The van der Waals surface area contributed by atoms with Crippen LogP contribution in [0.2, 0.25) is 0 Å². The van der Waals surface area contributed by atoms with Gasteiger partial charge in [0.15, 0.2) is 0 Å². The third-order valence-corrected chi connectivity index (χ3v) is 1.45. The molecule has 0 bridgehead atoms. The van der Waals surface area contributed by atoms with Crippen molar-refractivity contribution >= 4 is 47.2 Å². The Morgan fingerprint density at radius 3 is 1.64 bits per heavy atom. The molecule has 0 unspecified atom stereocenters. The molecular formula is C8H7NNaO4. The molecule has 1 rings (SSSR count). The van der Waals surface area contributed by atoms with Crippen LogP contribution in [0, 0.1) is 0 Å². The maximum atomic E-state index is 10.5. The van der Waals surface area contributed by atoms with Gasteiger partial charge in [0.2, 0.25) is 0 Å². The van der Waals surface area contributed by atoms with Crippen LogP contribution in [-0.4, -0.2) is 51.7 Å². The van der Waals surface area contributed by atoms with Crippen LogP contribution in [0.5, 0.6) is 0 Å². The van der Waals surface area contributed by atoms with Crippen LogP contribution < -0.4 is 5.73 Å². The van der Waals surface area contributed by atoms with Crippen LogP contribution in [0.4, 0.5) is 5.69 Å².